The van der Waals surface area contributed by atoms with Crippen molar-refractivity contribution in [2.45, 2.75) is 26.4 Å². The first-order chi connectivity index (χ1) is 10.5. The molecule has 0 aliphatic heterocycles. The monoisotopic (exact) mass is 316 g/mol. The van der Waals surface area contributed by atoms with Crippen molar-refractivity contribution in [2.75, 3.05) is 7.05 Å². The summed E-state index contributed by atoms with van der Waals surface area (Å²) in [5, 5.41) is 4.58. The number of benzene rings is 1. The number of thiophene rings is 1. The number of hydrogen-bond donors (Lipinski definition) is 1. The number of rotatable bonds is 5. The predicted octanol–water partition coefficient (Wildman–Crippen LogP) is 2.83. The van der Waals surface area contributed by atoms with Gasteiger partial charge >= 0.3 is 0 Å². The highest BCUT2D eigenvalue weighted by molar-refractivity contribution is 7.12. The Morgan fingerprint density at radius 2 is 1.95 bits per heavy atom. The minimum atomic E-state index is -0.552. The lowest BCUT2D eigenvalue weighted by atomic mass is 10.1. The van der Waals surface area contributed by atoms with Crippen molar-refractivity contribution in [1.82, 2.24) is 10.2 Å². The van der Waals surface area contributed by atoms with E-state index in [0.29, 0.717) is 11.4 Å². The number of carbonyl (C=O) groups is 2. The molecular weight excluding hydrogens is 296 g/mol. The molecule has 0 saturated heterocycles. The number of nitrogens with zero attached hydrogens (tertiary/aromatic N) is 1. The molecule has 2 rings (SSSR count). The van der Waals surface area contributed by atoms with Gasteiger partial charge in [-0.3, -0.25) is 9.59 Å². The molecule has 2 amide bonds. The highest BCUT2D eigenvalue weighted by Crippen LogP contribution is 2.11. The first-order valence-electron chi connectivity index (χ1n) is 7.13. The lowest BCUT2D eigenvalue weighted by Crippen LogP contribution is -2.45. The van der Waals surface area contributed by atoms with Crippen molar-refractivity contribution in [1.29, 1.82) is 0 Å². The van der Waals surface area contributed by atoms with E-state index in [9.17, 15) is 9.59 Å². The van der Waals surface area contributed by atoms with Crippen LogP contribution >= 0.6 is 11.3 Å². The number of amides is 2. The summed E-state index contributed by atoms with van der Waals surface area (Å²) in [6, 6.07) is 11.0. The Morgan fingerprint density at radius 1 is 1.23 bits per heavy atom. The molecule has 2 aromatic rings. The number of aryl methyl sites for hydroxylation is 1. The summed E-state index contributed by atoms with van der Waals surface area (Å²) in [5.41, 5.74) is 2.26. The summed E-state index contributed by atoms with van der Waals surface area (Å²) in [6.07, 6.45) is 0. The molecule has 1 unspecified atom stereocenters. The van der Waals surface area contributed by atoms with Gasteiger partial charge in [0.05, 0.1) is 4.88 Å². The smallest absolute Gasteiger partial charge is 0.261 e. The van der Waals surface area contributed by atoms with Crippen LogP contribution in [-0.2, 0) is 11.3 Å². The summed E-state index contributed by atoms with van der Waals surface area (Å²) < 4.78 is 0. The average molecular weight is 316 g/mol. The van der Waals surface area contributed by atoms with Crippen LogP contribution in [0.3, 0.4) is 0 Å². The summed E-state index contributed by atoms with van der Waals surface area (Å²) in [6.45, 7) is 4.27. The number of hydrogen-bond acceptors (Lipinski definition) is 3. The van der Waals surface area contributed by atoms with Gasteiger partial charge in [-0.25, -0.2) is 0 Å². The Bertz CT molecular complexity index is 652. The first-order valence-corrected chi connectivity index (χ1v) is 8.01. The third-order valence-corrected chi connectivity index (χ3v) is 4.38. The molecule has 116 valence electrons. The van der Waals surface area contributed by atoms with E-state index in [0.717, 1.165) is 11.1 Å². The summed E-state index contributed by atoms with van der Waals surface area (Å²) in [5.74, 6) is -0.312. The van der Waals surface area contributed by atoms with E-state index in [-0.39, 0.29) is 11.8 Å². The Labute approximate surface area is 134 Å². The zero-order valence-electron chi connectivity index (χ0n) is 13.0. The van der Waals surface area contributed by atoms with Crippen molar-refractivity contribution >= 4 is 23.2 Å². The maximum absolute atomic E-state index is 12.4. The fourth-order valence-corrected chi connectivity index (χ4v) is 2.82. The second kappa shape index (κ2) is 7.22. The van der Waals surface area contributed by atoms with E-state index in [1.165, 1.54) is 11.3 Å². The number of likely N-dealkylation sites (N-methyl/N-ethyl adjacent to an activating group) is 1. The van der Waals surface area contributed by atoms with Crippen LogP contribution in [0.25, 0.3) is 0 Å². The highest BCUT2D eigenvalue weighted by Gasteiger charge is 2.20. The van der Waals surface area contributed by atoms with Gasteiger partial charge in [-0.2, -0.15) is 0 Å². The molecule has 1 heterocycles. The van der Waals surface area contributed by atoms with Crippen molar-refractivity contribution in [3.05, 3.63) is 57.8 Å². The van der Waals surface area contributed by atoms with Crippen molar-refractivity contribution in [3.63, 3.8) is 0 Å². The predicted molar refractivity (Wildman–Crippen MR) is 88.9 cm³/mol. The van der Waals surface area contributed by atoms with Gasteiger partial charge in [0.1, 0.15) is 6.04 Å². The van der Waals surface area contributed by atoms with Gasteiger partial charge in [-0.05, 0) is 36.4 Å². The fourth-order valence-electron chi connectivity index (χ4n) is 2.19. The maximum Gasteiger partial charge on any atom is 0.261 e. The molecule has 0 spiro atoms. The van der Waals surface area contributed by atoms with Gasteiger partial charge in [0.15, 0.2) is 0 Å². The first kappa shape index (κ1) is 16.2. The zero-order valence-corrected chi connectivity index (χ0v) is 13.8. The molecule has 0 radical (unpaired) electrons. The summed E-state index contributed by atoms with van der Waals surface area (Å²) >= 11 is 1.36. The molecule has 1 aromatic heterocycles. The van der Waals surface area contributed by atoms with E-state index in [1.54, 1.807) is 24.9 Å². The normalized spacial score (nSPS) is 11.8. The minimum absolute atomic E-state index is 0.104. The van der Waals surface area contributed by atoms with Crippen LogP contribution in [0.2, 0.25) is 0 Å². The third kappa shape index (κ3) is 3.95. The molecule has 1 atom stereocenters. The van der Waals surface area contributed by atoms with Gasteiger partial charge < -0.3 is 10.2 Å². The second-order valence-corrected chi connectivity index (χ2v) is 6.24. The molecule has 0 bridgehead atoms. The van der Waals surface area contributed by atoms with Crippen LogP contribution in [0.4, 0.5) is 0 Å². The van der Waals surface area contributed by atoms with E-state index in [2.05, 4.69) is 5.32 Å². The lowest BCUT2D eigenvalue weighted by molar-refractivity contribution is -0.132. The van der Waals surface area contributed by atoms with Crippen LogP contribution in [-0.4, -0.2) is 29.8 Å². The van der Waals surface area contributed by atoms with E-state index in [4.69, 9.17) is 0 Å². The van der Waals surface area contributed by atoms with Gasteiger partial charge in [-0.15, -0.1) is 11.3 Å². The molecule has 1 aromatic carbocycles. The van der Waals surface area contributed by atoms with Gasteiger partial charge in [0, 0.05) is 13.6 Å². The van der Waals surface area contributed by atoms with Crippen LogP contribution in [0.1, 0.15) is 27.7 Å². The van der Waals surface area contributed by atoms with Gasteiger partial charge in [0.2, 0.25) is 5.91 Å². The van der Waals surface area contributed by atoms with E-state index in [1.807, 2.05) is 42.6 Å². The van der Waals surface area contributed by atoms with Crippen molar-refractivity contribution in [3.8, 4) is 0 Å². The van der Waals surface area contributed by atoms with Crippen LogP contribution in [0, 0.1) is 6.92 Å². The largest absolute Gasteiger partial charge is 0.340 e. The van der Waals surface area contributed by atoms with Crippen LogP contribution in [0.15, 0.2) is 41.8 Å². The third-order valence-electron chi connectivity index (χ3n) is 3.51. The Hall–Kier alpha value is -2.14. The van der Waals surface area contributed by atoms with Crippen LogP contribution in [0.5, 0.6) is 0 Å². The lowest BCUT2D eigenvalue weighted by Gasteiger charge is -2.22. The highest BCUT2D eigenvalue weighted by atomic mass is 32.1. The molecular formula is C17H20N2O2S. The Kier molecular flexibility index (Phi) is 5.33. The topological polar surface area (TPSA) is 49.4 Å². The molecule has 0 fully saturated rings. The molecule has 5 heteroatoms. The summed E-state index contributed by atoms with van der Waals surface area (Å²) in [4.78, 5) is 26.6. The SMILES string of the molecule is Cc1ccccc1CN(C)C(=O)C(C)NC(=O)c1cccs1. The van der Waals surface area contributed by atoms with Crippen molar-refractivity contribution < 1.29 is 9.59 Å². The standard InChI is InChI=1S/C17H20N2O2S/c1-12-7-4-5-8-14(12)11-19(3)17(21)13(2)18-16(20)15-9-6-10-22-15/h4-10,13H,11H2,1-3H3,(H,18,20). The number of carbonyl (C=O) groups excluding carboxylic acids is 2. The van der Waals surface area contributed by atoms with E-state index >= 15 is 0 Å². The van der Waals surface area contributed by atoms with Crippen molar-refractivity contribution in [2.24, 2.45) is 0 Å². The number of nitrogens with one attached hydrogen (secondary N) is 1. The summed E-state index contributed by atoms with van der Waals surface area (Å²) in [7, 11) is 1.75. The molecule has 0 aliphatic carbocycles. The molecule has 4 nitrogen and oxygen atoms in total. The quantitative estimate of drug-likeness (QED) is 0.922. The fraction of sp³-hybridized carbons (Fsp3) is 0.294. The maximum atomic E-state index is 12.4. The molecule has 1 N–H and O–H groups in total. The average Bonchev–Trinajstić information content (AvgIpc) is 3.03. The minimum Gasteiger partial charge on any atom is -0.340 e. The Balaban J connectivity index is 1.95. The zero-order chi connectivity index (χ0) is 16.1. The van der Waals surface area contributed by atoms with E-state index < -0.39 is 6.04 Å². The molecule has 22 heavy (non-hydrogen) atoms. The Morgan fingerprint density at radius 3 is 2.59 bits per heavy atom. The van der Waals surface area contributed by atoms with Crippen LogP contribution < -0.4 is 5.32 Å². The van der Waals surface area contributed by atoms with Gasteiger partial charge in [-0.1, -0.05) is 30.3 Å². The van der Waals surface area contributed by atoms with Gasteiger partial charge in [0.25, 0.3) is 5.91 Å². The molecule has 0 saturated carbocycles. The molecule has 0 aliphatic rings. The second-order valence-electron chi connectivity index (χ2n) is 5.29.